The maximum absolute atomic E-state index is 10.8. The van der Waals surface area contributed by atoms with Crippen LogP contribution in [0.2, 0.25) is 5.02 Å². The van der Waals surface area contributed by atoms with Gasteiger partial charge in [-0.2, -0.15) is 0 Å². The molecule has 0 aromatic heterocycles. The van der Waals surface area contributed by atoms with Gasteiger partial charge in [-0.05, 0) is 42.3 Å². The number of benzene rings is 2. The Bertz CT molecular complexity index is 672. The van der Waals surface area contributed by atoms with E-state index >= 15 is 0 Å². The fraction of sp³-hybridized carbons (Fsp3) is 0.278. The van der Waals surface area contributed by atoms with E-state index in [1.165, 1.54) is 16.7 Å². The summed E-state index contributed by atoms with van der Waals surface area (Å²) in [6.07, 6.45) is 1.64. The zero-order valence-corrected chi connectivity index (χ0v) is 13.3. The number of nitrogens with zero attached hydrogens (tertiary/aromatic N) is 1. The Morgan fingerprint density at radius 1 is 1.27 bits per heavy atom. The smallest absolute Gasteiger partial charge is 0.211 e. The Morgan fingerprint density at radius 2 is 2.05 bits per heavy atom. The minimum absolute atomic E-state index is 0.285. The number of hydrogen-bond donors (Lipinski definition) is 1. The van der Waals surface area contributed by atoms with E-state index in [-0.39, 0.29) is 5.92 Å². The molecule has 0 saturated heterocycles. The van der Waals surface area contributed by atoms with E-state index < -0.39 is 0 Å². The molecule has 1 aliphatic rings. The summed E-state index contributed by atoms with van der Waals surface area (Å²) < 4.78 is 0. The number of halogens is 1. The van der Waals surface area contributed by atoms with Crippen LogP contribution < -0.4 is 5.32 Å². The van der Waals surface area contributed by atoms with Gasteiger partial charge in [0.2, 0.25) is 6.41 Å². The first-order chi connectivity index (χ1) is 10.7. The van der Waals surface area contributed by atoms with Crippen molar-refractivity contribution in [3.8, 4) is 0 Å². The van der Waals surface area contributed by atoms with Crippen molar-refractivity contribution in [2.24, 2.45) is 0 Å². The molecular formula is C18H19ClN2O. The maximum Gasteiger partial charge on any atom is 0.211 e. The molecule has 0 fully saturated rings. The third kappa shape index (κ3) is 3.01. The lowest BCUT2D eigenvalue weighted by Gasteiger charge is -2.22. The number of rotatable bonds is 3. The number of carbonyl (C=O) groups excluding carboxylic acids is 1. The standard InChI is InChI=1S/C18H19ClN2O/c1-21-8-7-14-9-17(19)18(20-12-22)10-15(14)16(11-21)13-5-3-2-4-6-13/h2-6,9-10,12,16H,7-8,11H2,1H3,(H,20,22)/t16-/m1/s1. The van der Waals surface area contributed by atoms with Crippen molar-refractivity contribution >= 4 is 23.7 Å². The summed E-state index contributed by atoms with van der Waals surface area (Å²) in [6, 6.07) is 14.5. The van der Waals surface area contributed by atoms with E-state index in [9.17, 15) is 4.79 Å². The van der Waals surface area contributed by atoms with Crippen molar-refractivity contribution in [1.29, 1.82) is 0 Å². The molecule has 1 N–H and O–H groups in total. The van der Waals surface area contributed by atoms with E-state index in [1.54, 1.807) is 0 Å². The van der Waals surface area contributed by atoms with Gasteiger partial charge >= 0.3 is 0 Å². The third-order valence-corrected chi connectivity index (χ3v) is 4.59. The summed E-state index contributed by atoms with van der Waals surface area (Å²) in [5.74, 6) is 0.285. The largest absolute Gasteiger partial charge is 0.327 e. The summed E-state index contributed by atoms with van der Waals surface area (Å²) in [5.41, 5.74) is 4.49. The van der Waals surface area contributed by atoms with Gasteiger partial charge in [0.1, 0.15) is 0 Å². The fourth-order valence-corrected chi connectivity index (χ4v) is 3.37. The molecule has 1 atom stereocenters. The zero-order valence-electron chi connectivity index (χ0n) is 12.6. The van der Waals surface area contributed by atoms with Crippen LogP contribution in [-0.2, 0) is 11.2 Å². The van der Waals surface area contributed by atoms with Crippen LogP contribution in [0.3, 0.4) is 0 Å². The molecular weight excluding hydrogens is 296 g/mol. The van der Waals surface area contributed by atoms with Crippen molar-refractivity contribution in [3.05, 3.63) is 64.2 Å². The van der Waals surface area contributed by atoms with E-state index in [1.807, 2.05) is 18.2 Å². The summed E-state index contributed by atoms with van der Waals surface area (Å²) in [6.45, 7) is 1.96. The average Bonchev–Trinajstić information content (AvgIpc) is 2.69. The highest BCUT2D eigenvalue weighted by atomic mass is 35.5. The highest BCUT2D eigenvalue weighted by Crippen LogP contribution is 2.36. The quantitative estimate of drug-likeness (QED) is 0.879. The van der Waals surface area contributed by atoms with Gasteiger partial charge in [-0.15, -0.1) is 0 Å². The lowest BCUT2D eigenvalue weighted by atomic mass is 9.87. The number of anilines is 1. The van der Waals surface area contributed by atoms with Crippen molar-refractivity contribution in [1.82, 2.24) is 4.90 Å². The second kappa shape index (κ2) is 6.51. The molecule has 0 unspecified atom stereocenters. The Hall–Kier alpha value is -1.84. The number of hydrogen-bond acceptors (Lipinski definition) is 2. The first-order valence-corrected chi connectivity index (χ1v) is 7.83. The number of amides is 1. The molecule has 0 bridgehead atoms. The minimum atomic E-state index is 0.285. The summed E-state index contributed by atoms with van der Waals surface area (Å²) in [4.78, 5) is 13.1. The first-order valence-electron chi connectivity index (χ1n) is 7.45. The van der Waals surface area contributed by atoms with Gasteiger partial charge in [0.25, 0.3) is 0 Å². The number of likely N-dealkylation sites (N-methyl/N-ethyl adjacent to an activating group) is 1. The van der Waals surface area contributed by atoms with Crippen molar-refractivity contribution in [3.63, 3.8) is 0 Å². The molecule has 114 valence electrons. The first kappa shape index (κ1) is 15.1. The fourth-order valence-electron chi connectivity index (χ4n) is 3.13. The van der Waals surface area contributed by atoms with E-state index in [4.69, 9.17) is 11.6 Å². The van der Waals surface area contributed by atoms with Gasteiger partial charge in [0, 0.05) is 19.0 Å². The highest BCUT2D eigenvalue weighted by molar-refractivity contribution is 6.33. The molecule has 22 heavy (non-hydrogen) atoms. The minimum Gasteiger partial charge on any atom is -0.327 e. The molecule has 1 heterocycles. The Kier molecular flexibility index (Phi) is 4.46. The zero-order chi connectivity index (χ0) is 15.5. The molecule has 2 aromatic carbocycles. The molecule has 0 aliphatic carbocycles. The Balaban J connectivity index is 2.11. The summed E-state index contributed by atoms with van der Waals surface area (Å²) in [5, 5.41) is 3.30. The number of carbonyl (C=O) groups is 1. The van der Waals surface area contributed by atoms with Gasteiger partial charge in [-0.1, -0.05) is 41.9 Å². The molecule has 0 saturated carbocycles. The average molecular weight is 315 g/mol. The molecule has 0 spiro atoms. The Labute approximate surface area is 135 Å². The van der Waals surface area contributed by atoms with Crippen molar-refractivity contribution < 1.29 is 4.79 Å². The molecule has 3 nitrogen and oxygen atoms in total. The topological polar surface area (TPSA) is 32.3 Å². The molecule has 0 radical (unpaired) electrons. The monoisotopic (exact) mass is 314 g/mol. The van der Waals surface area contributed by atoms with Crippen LogP contribution in [0.5, 0.6) is 0 Å². The van der Waals surface area contributed by atoms with Crippen LogP contribution in [0, 0.1) is 0 Å². The lowest BCUT2D eigenvalue weighted by molar-refractivity contribution is -0.105. The molecule has 4 heteroatoms. The van der Waals surface area contributed by atoms with Crippen LogP contribution >= 0.6 is 11.6 Å². The SMILES string of the molecule is CN1CCc2cc(Cl)c(NC=O)cc2[C@@H](c2ccccc2)C1. The summed E-state index contributed by atoms with van der Waals surface area (Å²) >= 11 is 6.29. The van der Waals surface area contributed by atoms with Crippen LogP contribution in [0.15, 0.2) is 42.5 Å². The predicted octanol–water partition coefficient (Wildman–Crippen LogP) is 3.53. The normalized spacial score (nSPS) is 18.4. The molecule has 1 amide bonds. The second-order valence-electron chi connectivity index (χ2n) is 5.77. The number of fused-ring (bicyclic) bond motifs is 1. The maximum atomic E-state index is 10.8. The van der Waals surface area contributed by atoms with E-state index in [2.05, 4.69) is 41.5 Å². The van der Waals surface area contributed by atoms with Gasteiger partial charge in [-0.25, -0.2) is 0 Å². The second-order valence-corrected chi connectivity index (χ2v) is 6.18. The number of nitrogens with one attached hydrogen (secondary N) is 1. The van der Waals surface area contributed by atoms with Gasteiger partial charge in [0.05, 0.1) is 10.7 Å². The highest BCUT2D eigenvalue weighted by Gasteiger charge is 2.24. The van der Waals surface area contributed by atoms with Gasteiger partial charge in [0.15, 0.2) is 0 Å². The van der Waals surface area contributed by atoms with Crippen LogP contribution in [0.1, 0.15) is 22.6 Å². The van der Waals surface area contributed by atoms with Crippen molar-refractivity contribution in [2.45, 2.75) is 12.3 Å². The lowest BCUT2D eigenvalue weighted by Crippen LogP contribution is -2.24. The van der Waals surface area contributed by atoms with Crippen LogP contribution in [0.25, 0.3) is 0 Å². The molecule has 3 rings (SSSR count). The van der Waals surface area contributed by atoms with E-state index in [0.717, 1.165) is 19.5 Å². The predicted molar refractivity (Wildman–Crippen MR) is 90.6 cm³/mol. The van der Waals surface area contributed by atoms with E-state index in [0.29, 0.717) is 17.1 Å². The third-order valence-electron chi connectivity index (χ3n) is 4.28. The van der Waals surface area contributed by atoms with Gasteiger partial charge in [-0.3, -0.25) is 4.79 Å². The van der Waals surface area contributed by atoms with Crippen molar-refractivity contribution in [2.75, 3.05) is 25.5 Å². The van der Waals surface area contributed by atoms with Crippen LogP contribution in [0.4, 0.5) is 5.69 Å². The Morgan fingerprint density at radius 3 is 2.77 bits per heavy atom. The van der Waals surface area contributed by atoms with Crippen LogP contribution in [-0.4, -0.2) is 31.4 Å². The molecule has 2 aromatic rings. The van der Waals surface area contributed by atoms with Gasteiger partial charge < -0.3 is 10.2 Å². The summed E-state index contributed by atoms with van der Waals surface area (Å²) in [7, 11) is 2.15. The molecule has 1 aliphatic heterocycles.